The lowest BCUT2D eigenvalue weighted by molar-refractivity contribution is 0.0955. The van der Waals surface area contributed by atoms with Crippen molar-refractivity contribution < 1.29 is 4.79 Å². The van der Waals surface area contributed by atoms with Crippen molar-refractivity contribution in [1.29, 1.82) is 0 Å². The van der Waals surface area contributed by atoms with Crippen LogP contribution in [-0.2, 0) is 13.1 Å². The van der Waals surface area contributed by atoms with Crippen molar-refractivity contribution in [3.63, 3.8) is 0 Å². The Morgan fingerprint density at radius 1 is 1.06 bits per heavy atom. The third-order valence-electron chi connectivity index (χ3n) is 6.54. The fourth-order valence-electron chi connectivity index (χ4n) is 4.56. The zero-order chi connectivity index (χ0) is 24.2. The number of aryl methyl sites for hydroxylation is 1. The van der Waals surface area contributed by atoms with Gasteiger partial charge in [0.1, 0.15) is 5.82 Å². The number of rotatable bonds is 6. The summed E-state index contributed by atoms with van der Waals surface area (Å²) in [6, 6.07) is 14.1. The molecule has 1 saturated heterocycles. The summed E-state index contributed by atoms with van der Waals surface area (Å²) in [6.07, 6.45) is 6.53. The van der Waals surface area contributed by atoms with Crippen LogP contribution in [0.4, 0.5) is 11.5 Å². The number of benzene rings is 1. The Labute approximate surface area is 217 Å². The van der Waals surface area contributed by atoms with Gasteiger partial charge in [-0.1, -0.05) is 19.6 Å². The zero-order valence-electron chi connectivity index (χ0n) is 19.9. The molecule has 4 heterocycles. The standard InChI is InChI=1S/C27H30N6OS.CH4/c1-19-15-24(27(34)31-17-20-3-4-23-21(16-20)5-10-30-26(23)28)35-25(19)18-32-11-2-12-33(14-13-32)22-6-8-29-9-7-22;/h3-10,15-16H,2,11-14,17-18H2,1H3,(H2,28,30)(H,31,34);1H4. The molecule has 1 aliphatic rings. The molecule has 0 atom stereocenters. The molecular weight excluding hydrogens is 468 g/mol. The number of hydrogen-bond acceptors (Lipinski definition) is 7. The first-order chi connectivity index (χ1) is 17.1. The predicted molar refractivity (Wildman–Crippen MR) is 149 cm³/mol. The molecule has 3 N–H and O–H groups in total. The molecule has 1 fully saturated rings. The second-order valence-electron chi connectivity index (χ2n) is 8.97. The molecule has 1 amide bonds. The molecule has 0 aliphatic carbocycles. The van der Waals surface area contributed by atoms with Gasteiger partial charge in [0, 0.05) is 73.8 Å². The minimum Gasteiger partial charge on any atom is -0.383 e. The predicted octanol–water partition coefficient (Wildman–Crippen LogP) is 4.86. The molecule has 0 radical (unpaired) electrons. The van der Waals surface area contributed by atoms with Gasteiger partial charge in [-0.15, -0.1) is 11.3 Å². The number of aromatic nitrogens is 2. The number of nitrogens with one attached hydrogen (secondary N) is 1. The van der Waals surface area contributed by atoms with Crippen molar-refractivity contribution in [2.24, 2.45) is 0 Å². The molecule has 8 heteroatoms. The van der Waals surface area contributed by atoms with Crippen LogP contribution in [0.1, 0.15) is 39.5 Å². The largest absolute Gasteiger partial charge is 0.383 e. The van der Waals surface area contributed by atoms with Crippen LogP contribution < -0.4 is 16.0 Å². The van der Waals surface area contributed by atoms with Crippen LogP contribution in [-0.4, -0.2) is 47.0 Å². The minimum absolute atomic E-state index is 0. The fourth-order valence-corrected chi connectivity index (χ4v) is 5.70. The molecule has 0 unspecified atom stereocenters. The highest BCUT2D eigenvalue weighted by atomic mass is 32.1. The van der Waals surface area contributed by atoms with Gasteiger partial charge in [-0.3, -0.25) is 14.7 Å². The average molecular weight is 503 g/mol. The van der Waals surface area contributed by atoms with Crippen LogP contribution in [0.2, 0.25) is 0 Å². The monoisotopic (exact) mass is 502 g/mol. The summed E-state index contributed by atoms with van der Waals surface area (Å²) in [5.74, 6) is 0.493. The Hall–Kier alpha value is -3.49. The van der Waals surface area contributed by atoms with Crippen molar-refractivity contribution in [2.75, 3.05) is 36.8 Å². The fraction of sp³-hybridized carbons (Fsp3) is 0.321. The number of carbonyl (C=O) groups is 1. The Morgan fingerprint density at radius 3 is 2.72 bits per heavy atom. The van der Waals surface area contributed by atoms with E-state index in [-0.39, 0.29) is 13.3 Å². The molecule has 0 saturated carbocycles. The zero-order valence-corrected chi connectivity index (χ0v) is 20.7. The van der Waals surface area contributed by atoms with Gasteiger partial charge in [0.2, 0.25) is 0 Å². The van der Waals surface area contributed by atoms with Gasteiger partial charge in [-0.05, 0) is 60.2 Å². The number of nitrogens with zero attached hydrogens (tertiary/aromatic N) is 4. The lowest BCUT2D eigenvalue weighted by Gasteiger charge is -2.23. The number of nitrogens with two attached hydrogens (primary N) is 1. The van der Waals surface area contributed by atoms with Gasteiger partial charge in [-0.2, -0.15) is 0 Å². The second kappa shape index (κ2) is 11.5. The van der Waals surface area contributed by atoms with E-state index in [1.54, 1.807) is 17.5 Å². The number of anilines is 2. The number of nitrogen functional groups attached to an aromatic ring is 1. The normalized spacial score (nSPS) is 14.3. The maximum atomic E-state index is 12.9. The van der Waals surface area contributed by atoms with Crippen molar-refractivity contribution in [3.8, 4) is 0 Å². The van der Waals surface area contributed by atoms with Gasteiger partial charge < -0.3 is 16.0 Å². The van der Waals surface area contributed by atoms with E-state index in [2.05, 4.69) is 44.1 Å². The molecular formula is C28H34N6OS. The van der Waals surface area contributed by atoms with Gasteiger partial charge in [-0.25, -0.2) is 4.98 Å². The molecule has 0 bridgehead atoms. The second-order valence-corrected chi connectivity index (χ2v) is 10.1. The van der Waals surface area contributed by atoms with E-state index >= 15 is 0 Å². The van der Waals surface area contributed by atoms with Crippen molar-refractivity contribution >= 4 is 39.5 Å². The third-order valence-corrected chi connectivity index (χ3v) is 7.76. The highest BCUT2D eigenvalue weighted by Crippen LogP contribution is 2.25. The Balaban J connectivity index is 0.00000304. The Bertz CT molecular complexity index is 1320. The number of fused-ring (bicyclic) bond motifs is 1. The highest BCUT2D eigenvalue weighted by Gasteiger charge is 2.18. The molecule has 5 rings (SSSR count). The van der Waals surface area contributed by atoms with Crippen molar-refractivity contribution in [3.05, 3.63) is 81.9 Å². The van der Waals surface area contributed by atoms with Crippen molar-refractivity contribution in [2.45, 2.75) is 33.9 Å². The first-order valence-corrected chi connectivity index (χ1v) is 12.8. The topological polar surface area (TPSA) is 87.4 Å². The molecule has 7 nitrogen and oxygen atoms in total. The van der Waals surface area contributed by atoms with E-state index < -0.39 is 0 Å². The first-order valence-electron chi connectivity index (χ1n) is 11.9. The van der Waals surface area contributed by atoms with E-state index in [0.29, 0.717) is 12.4 Å². The minimum atomic E-state index is -0.0292. The van der Waals surface area contributed by atoms with Crippen LogP contribution in [0.5, 0.6) is 0 Å². The van der Waals surface area contributed by atoms with Crippen LogP contribution in [0.15, 0.2) is 61.1 Å². The summed E-state index contributed by atoms with van der Waals surface area (Å²) in [6.45, 7) is 7.57. The maximum absolute atomic E-state index is 12.9. The summed E-state index contributed by atoms with van der Waals surface area (Å²) < 4.78 is 0. The summed E-state index contributed by atoms with van der Waals surface area (Å²) in [5.41, 5.74) is 9.40. The Morgan fingerprint density at radius 2 is 1.89 bits per heavy atom. The quantitative estimate of drug-likeness (QED) is 0.392. The van der Waals surface area contributed by atoms with E-state index in [1.807, 2.05) is 42.7 Å². The van der Waals surface area contributed by atoms with Crippen LogP contribution in [0, 0.1) is 6.92 Å². The third kappa shape index (κ3) is 5.83. The van der Waals surface area contributed by atoms with E-state index in [4.69, 9.17) is 5.73 Å². The number of hydrogen-bond donors (Lipinski definition) is 2. The molecule has 3 aromatic heterocycles. The molecule has 36 heavy (non-hydrogen) atoms. The van der Waals surface area contributed by atoms with Gasteiger partial charge >= 0.3 is 0 Å². The molecule has 1 aromatic carbocycles. The van der Waals surface area contributed by atoms with Crippen LogP contribution in [0.3, 0.4) is 0 Å². The molecule has 188 valence electrons. The highest BCUT2D eigenvalue weighted by molar-refractivity contribution is 7.14. The average Bonchev–Trinajstić information content (AvgIpc) is 3.08. The SMILES string of the molecule is C.Cc1cc(C(=O)NCc2ccc3c(N)nccc3c2)sc1CN1CCCN(c2ccncc2)CC1. The number of carbonyl (C=O) groups excluding carboxylic acids is 1. The molecule has 4 aromatic rings. The lowest BCUT2D eigenvalue weighted by Crippen LogP contribution is -2.30. The van der Waals surface area contributed by atoms with Crippen LogP contribution >= 0.6 is 11.3 Å². The number of thiophene rings is 1. The maximum Gasteiger partial charge on any atom is 0.261 e. The van der Waals surface area contributed by atoms with Gasteiger partial charge in [0.25, 0.3) is 5.91 Å². The van der Waals surface area contributed by atoms with Gasteiger partial charge in [0.15, 0.2) is 0 Å². The van der Waals surface area contributed by atoms with Crippen molar-refractivity contribution in [1.82, 2.24) is 20.2 Å². The first kappa shape index (κ1) is 25.6. The van der Waals surface area contributed by atoms with E-state index in [1.165, 1.54) is 16.1 Å². The summed E-state index contributed by atoms with van der Waals surface area (Å²) >= 11 is 1.60. The van der Waals surface area contributed by atoms with Crippen LogP contribution in [0.25, 0.3) is 10.8 Å². The van der Waals surface area contributed by atoms with Gasteiger partial charge in [0.05, 0.1) is 4.88 Å². The summed E-state index contributed by atoms with van der Waals surface area (Å²) in [5, 5.41) is 5.03. The summed E-state index contributed by atoms with van der Waals surface area (Å²) in [7, 11) is 0. The van der Waals surface area contributed by atoms with E-state index in [9.17, 15) is 4.79 Å². The number of amides is 1. The Kier molecular flexibility index (Phi) is 8.18. The molecule has 1 aliphatic heterocycles. The lowest BCUT2D eigenvalue weighted by atomic mass is 10.1. The van der Waals surface area contributed by atoms with E-state index in [0.717, 1.165) is 60.4 Å². The smallest absolute Gasteiger partial charge is 0.261 e. The summed E-state index contributed by atoms with van der Waals surface area (Å²) in [4.78, 5) is 28.1. The number of pyridine rings is 2. The molecule has 0 spiro atoms.